The number of rotatable bonds is 40. The number of esters is 2. The number of aliphatic carboxylic acids is 1. The summed E-state index contributed by atoms with van der Waals surface area (Å²) in [4.78, 5) is 37.0. The summed E-state index contributed by atoms with van der Waals surface area (Å²) in [5, 5.41) is 9.63. The first-order valence-corrected chi connectivity index (χ1v) is 23.2. The molecule has 0 spiro atoms. The highest BCUT2D eigenvalue weighted by Crippen LogP contribution is 2.12. The third-order valence-electron chi connectivity index (χ3n) is 9.83. The minimum Gasteiger partial charge on any atom is -0.477 e. The van der Waals surface area contributed by atoms with Crippen LogP contribution in [-0.4, -0.2) is 80.6 Å². The van der Waals surface area contributed by atoms with Gasteiger partial charge in [-0.2, -0.15) is 0 Å². The number of carbonyl (C=O) groups excluding carboxylic acids is 2. The highest BCUT2D eigenvalue weighted by molar-refractivity contribution is 5.72. The zero-order valence-electron chi connectivity index (χ0n) is 38.2. The molecule has 0 aliphatic rings. The summed E-state index contributed by atoms with van der Waals surface area (Å²) in [7, 11) is 5.50. The van der Waals surface area contributed by atoms with Crippen molar-refractivity contribution in [2.24, 2.45) is 0 Å². The molecule has 0 bridgehead atoms. The quantitative estimate of drug-likeness (QED) is 0.0216. The molecule has 0 rings (SSSR count). The van der Waals surface area contributed by atoms with Gasteiger partial charge in [-0.1, -0.05) is 157 Å². The summed E-state index contributed by atoms with van der Waals surface area (Å²) in [6.07, 6.45) is 53.4. The zero-order valence-corrected chi connectivity index (χ0v) is 38.2. The number of carboxylic acid groups (broad SMARTS) is 1. The highest BCUT2D eigenvalue weighted by Gasteiger charge is 2.31. The van der Waals surface area contributed by atoms with Crippen LogP contribution in [0.1, 0.15) is 168 Å². The number of hydrogen-bond acceptors (Lipinski definition) is 6. The van der Waals surface area contributed by atoms with Gasteiger partial charge in [0.2, 0.25) is 0 Å². The Labute approximate surface area is 361 Å². The van der Waals surface area contributed by atoms with E-state index in [9.17, 15) is 19.5 Å². The third-order valence-corrected chi connectivity index (χ3v) is 9.83. The summed E-state index contributed by atoms with van der Waals surface area (Å²) < 4.78 is 17.2. The van der Waals surface area contributed by atoms with E-state index in [0.29, 0.717) is 19.3 Å². The Morgan fingerprint density at radius 3 is 1.54 bits per heavy atom. The van der Waals surface area contributed by atoms with Gasteiger partial charge in [-0.3, -0.25) is 9.59 Å². The van der Waals surface area contributed by atoms with Gasteiger partial charge in [-0.25, -0.2) is 4.79 Å². The fourth-order valence-corrected chi connectivity index (χ4v) is 6.20. The molecular formula is C51H86NO7+. The lowest BCUT2D eigenvalue weighted by Crippen LogP contribution is -2.50. The van der Waals surface area contributed by atoms with Crippen LogP contribution in [0, 0.1) is 0 Å². The van der Waals surface area contributed by atoms with Gasteiger partial charge >= 0.3 is 17.9 Å². The minimum absolute atomic E-state index is 0.0306. The van der Waals surface area contributed by atoms with Gasteiger partial charge in [-0.15, -0.1) is 0 Å². The lowest BCUT2D eigenvalue weighted by molar-refractivity contribution is -0.887. The SMILES string of the molecule is CCCCC/C=C/C/C=C/C/C=C/C/C=C/CCCC(=O)OCC(COCCC(C(=O)O)[N+](C)(C)C)OC(=O)CCCCCCC/C=C/C=C/C=C/CCCCCCC. The number of ether oxygens (including phenoxy) is 3. The number of quaternary nitrogens is 1. The molecule has 0 aromatic heterocycles. The fraction of sp³-hybridized carbons (Fsp3) is 0.667. The second-order valence-corrected chi connectivity index (χ2v) is 16.4. The van der Waals surface area contributed by atoms with Gasteiger partial charge in [0.1, 0.15) is 6.61 Å². The van der Waals surface area contributed by atoms with Crippen molar-refractivity contribution < 1.29 is 38.2 Å². The summed E-state index contributed by atoms with van der Waals surface area (Å²) in [6, 6.07) is -0.631. The molecule has 0 aromatic rings. The molecule has 8 nitrogen and oxygen atoms in total. The van der Waals surface area contributed by atoms with Crippen LogP contribution in [0.2, 0.25) is 0 Å². The number of unbranched alkanes of at least 4 members (excludes halogenated alkanes) is 14. The normalized spacial score (nSPS) is 13.7. The molecule has 8 heteroatoms. The first kappa shape index (κ1) is 55.5. The van der Waals surface area contributed by atoms with Gasteiger partial charge < -0.3 is 23.8 Å². The smallest absolute Gasteiger partial charge is 0.362 e. The highest BCUT2D eigenvalue weighted by atomic mass is 16.6. The van der Waals surface area contributed by atoms with E-state index in [1.807, 2.05) is 21.1 Å². The van der Waals surface area contributed by atoms with E-state index in [2.05, 4.69) is 98.9 Å². The number of hydrogen-bond donors (Lipinski definition) is 1. The molecule has 59 heavy (non-hydrogen) atoms. The number of likely N-dealkylation sites (N-methyl/N-ethyl adjacent to an activating group) is 1. The van der Waals surface area contributed by atoms with E-state index in [1.54, 1.807) is 0 Å². The van der Waals surface area contributed by atoms with Crippen LogP contribution in [0.25, 0.3) is 0 Å². The van der Waals surface area contributed by atoms with Crippen LogP contribution >= 0.6 is 0 Å². The van der Waals surface area contributed by atoms with Gasteiger partial charge in [0.05, 0.1) is 34.4 Å². The molecule has 0 aromatic carbocycles. The summed E-state index contributed by atoms with van der Waals surface area (Å²) in [5.74, 6) is -1.57. The Balaban J connectivity index is 4.48. The number of allylic oxidation sites excluding steroid dienone is 14. The molecule has 0 aliphatic heterocycles. The van der Waals surface area contributed by atoms with Gasteiger partial charge in [-0.05, 0) is 77.0 Å². The Hall–Kier alpha value is -3.49. The first-order chi connectivity index (χ1) is 28.6. The third kappa shape index (κ3) is 39.7. The zero-order chi connectivity index (χ0) is 43.5. The molecule has 0 saturated heterocycles. The van der Waals surface area contributed by atoms with Crippen molar-refractivity contribution in [2.75, 3.05) is 41.0 Å². The van der Waals surface area contributed by atoms with E-state index in [1.165, 1.54) is 57.8 Å². The molecular weight excluding hydrogens is 739 g/mol. The lowest BCUT2D eigenvalue weighted by atomic mass is 10.1. The minimum atomic E-state index is -0.889. The van der Waals surface area contributed by atoms with Gasteiger partial charge in [0.25, 0.3) is 0 Å². The Kier molecular flexibility index (Phi) is 38.8. The van der Waals surface area contributed by atoms with Crippen molar-refractivity contribution in [3.63, 3.8) is 0 Å². The van der Waals surface area contributed by atoms with Crippen molar-refractivity contribution in [3.05, 3.63) is 85.1 Å². The molecule has 0 aliphatic carbocycles. The summed E-state index contributed by atoms with van der Waals surface area (Å²) >= 11 is 0. The van der Waals surface area contributed by atoms with E-state index >= 15 is 0 Å². The lowest BCUT2D eigenvalue weighted by Gasteiger charge is -2.31. The van der Waals surface area contributed by atoms with E-state index in [4.69, 9.17) is 14.2 Å². The molecule has 0 amide bonds. The van der Waals surface area contributed by atoms with E-state index in [-0.39, 0.29) is 42.7 Å². The van der Waals surface area contributed by atoms with E-state index < -0.39 is 18.1 Å². The average Bonchev–Trinajstić information content (AvgIpc) is 3.19. The number of carbonyl (C=O) groups is 3. The number of carboxylic acids is 1. The van der Waals surface area contributed by atoms with E-state index in [0.717, 1.165) is 70.6 Å². The largest absolute Gasteiger partial charge is 0.477 e. The van der Waals surface area contributed by atoms with Crippen LogP contribution in [-0.2, 0) is 28.6 Å². The Bertz CT molecular complexity index is 1240. The maximum atomic E-state index is 12.7. The van der Waals surface area contributed by atoms with Crippen molar-refractivity contribution >= 4 is 17.9 Å². The van der Waals surface area contributed by atoms with Crippen LogP contribution in [0.4, 0.5) is 0 Å². The molecule has 0 radical (unpaired) electrons. The predicted octanol–water partition coefficient (Wildman–Crippen LogP) is 12.9. The Morgan fingerprint density at radius 1 is 0.525 bits per heavy atom. The molecule has 2 atom stereocenters. The monoisotopic (exact) mass is 825 g/mol. The molecule has 0 heterocycles. The van der Waals surface area contributed by atoms with Crippen LogP contribution in [0.3, 0.4) is 0 Å². The van der Waals surface area contributed by atoms with Crippen molar-refractivity contribution in [1.82, 2.24) is 0 Å². The average molecular weight is 825 g/mol. The van der Waals surface area contributed by atoms with Crippen molar-refractivity contribution in [3.8, 4) is 0 Å². The maximum absolute atomic E-state index is 12.7. The molecule has 336 valence electrons. The van der Waals surface area contributed by atoms with Crippen molar-refractivity contribution in [1.29, 1.82) is 0 Å². The van der Waals surface area contributed by atoms with Gasteiger partial charge in [0, 0.05) is 19.3 Å². The van der Waals surface area contributed by atoms with Gasteiger partial charge in [0.15, 0.2) is 12.1 Å². The summed E-state index contributed by atoms with van der Waals surface area (Å²) in [5.41, 5.74) is 0. The van der Waals surface area contributed by atoms with Crippen LogP contribution in [0.5, 0.6) is 0 Å². The molecule has 0 fully saturated rings. The second-order valence-electron chi connectivity index (χ2n) is 16.4. The van der Waals surface area contributed by atoms with Crippen LogP contribution in [0.15, 0.2) is 85.1 Å². The second kappa shape index (κ2) is 41.3. The molecule has 2 unspecified atom stereocenters. The predicted molar refractivity (Wildman–Crippen MR) is 247 cm³/mol. The maximum Gasteiger partial charge on any atom is 0.362 e. The Morgan fingerprint density at radius 2 is 0.983 bits per heavy atom. The topological polar surface area (TPSA) is 99.1 Å². The summed E-state index contributed by atoms with van der Waals surface area (Å²) in [6.45, 7) is 4.60. The fourth-order valence-electron chi connectivity index (χ4n) is 6.20. The standard InChI is InChI=1S/C51H85NO7/c1-6-8-10-12-14-16-18-20-22-24-26-28-30-32-34-36-38-40-42-50(54)59-47(45-57-44-43-48(51(55)56)52(3,4)5)46-58-49(53)41-39-37-35-33-31-29-27-25-23-21-19-17-15-13-11-9-7-2/h15,17-18,20-24,26-29,33,35,47-48H,6-14,16,19,25,30-32,34,36-46H2,1-5H3/p+1/b17-15+,20-18+,23-21+,24-22+,28-26+,29-27+,35-33+. The molecule has 0 saturated carbocycles. The molecule has 1 N–H and O–H groups in total. The van der Waals surface area contributed by atoms with Crippen LogP contribution < -0.4 is 0 Å². The van der Waals surface area contributed by atoms with Crippen molar-refractivity contribution in [2.45, 2.75) is 180 Å². The first-order valence-electron chi connectivity index (χ1n) is 23.2. The number of nitrogens with zero attached hydrogens (tertiary/aromatic N) is 1.